The fraction of sp³-hybridized carbons (Fsp3) is 0.733. The molecule has 3 aliphatic heterocycles. The largest absolute Gasteiger partial charge is 0.355 e. The number of piperidine rings is 1. The van der Waals surface area contributed by atoms with E-state index in [0.29, 0.717) is 19.5 Å². The average molecular weight is 464 g/mol. The van der Waals surface area contributed by atoms with E-state index in [2.05, 4.69) is 25.8 Å². The maximum atomic E-state index is 11.6. The zero-order valence-electron chi connectivity index (χ0n) is 14.3. The van der Waals surface area contributed by atoms with Gasteiger partial charge in [-0.1, -0.05) is 0 Å². The number of halogens is 1. The molecule has 0 aliphatic carbocycles. The van der Waals surface area contributed by atoms with Gasteiger partial charge in [0.15, 0.2) is 5.96 Å². The highest BCUT2D eigenvalue weighted by atomic mass is 127. The number of nitrogens with one attached hydrogen (secondary N) is 3. The summed E-state index contributed by atoms with van der Waals surface area (Å²) in [5, 5.41) is 8.66. The summed E-state index contributed by atoms with van der Waals surface area (Å²) in [7, 11) is 1.72. The van der Waals surface area contributed by atoms with E-state index in [1.165, 1.54) is 4.90 Å². The van der Waals surface area contributed by atoms with E-state index in [1.807, 2.05) is 0 Å². The normalized spacial score (nSPS) is 26.6. The monoisotopic (exact) mass is 464 g/mol. The van der Waals surface area contributed by atoms with Crippen molar-refractivity contribution in [3.05, 3.63) is 0 Å². The Balaban J connectivity index is 0.00000225. The van der Waals surface area contributed by atoms with E-state index in [9.17, 15) is 14.4 Å². The van der Waals surface area contributed by atoms with Crippen molar-refractivity contribution in [2.75, 3.05) is 46.3 Å². The van der Waals surface area contributed by atoms with Gasteiger partial charge in [0.2, 0.25) is 11.8 Å². The molecule has 3 N–H and O–H groups in total. The van der Waals surface area contributed by atoms with Crippen LogP contribution >= 0.6 is 24.0 Å². The second-order valence-electron chi connectivity index (χ2n) is 6.66. The molecule has 1 unspecified atom stereocenters. The molecule has 3 heterocycles. The number of carbonyl (C=O) groups excluding carboxylic acids is 3. The number of nitrogens with zero attached hydrogens (tertiary/aromatic N) is 3. The Labute approximate surface area is 164 Å². The lowest BCUT2D eigenvalue weighted by atomic mass is 9.79. The summed E-state index contributed by atoms with van der Waals surface area (Å²) in [5.41, 5.74) is -0.00222. The van der Waals surface area contributed by atoms with Crippen molar-refractivity contribution in [1.82, 2.24) is 25.8 Å². The van der Waals surface area contributed by atoms with Gasteiger partial charge in [0.1, 0.15) is 0 Å². The van der Waals surface area contributed by atoms with Gasteiger partial charge in [0.25, 0.3) is 0 Å². The van der Waals surface area contributed by atoms with Crippen LogP contribution in [0.1, 0.15) is 19.3 Å². The Bertz CT molecular complexity index is 568. The van der Waals surface area contributed by atoms with E-state index < -0.39 is 0 Å². The van der Waals surface area contributed by atoms with Crippen molar-refractivity contribution in [2.45, 2.75) is 19.3 Å². The molecule has 140 valence electrons. The zero-order valence-corrected chi connectivity index (χ0v) is 16.7. The predicted octanol–water partition coefficient (Wildman–Crippen LogP) is -0.666. The first-order chi connectivity index (χ1) is 11.5. The molecule has 3 saturated heterocycles. The summed E-state index contributed by atoms with van der Waals surface area (Å²) in [4.78, 5) is 42.4. The number of imide groups is 1. The number of guanidine groups is 1. The Morgan fingerprint density at radius 2 is 2.12 bits per heavy atom. The summed E-state index contributed by atoms with van der Waals surface area (Å²) in [6, 6.07) is -0.343. The Morgan fingerprint density at radius 1 is 1.32 bits per heavy atom. The lowest BCUT2D eigenvalue weighted by molar-refractivity contribution is -0.125. The van der Waals surface area contributed by atoms with Crippen LogP contribution in [-0.4, -0.2) is 79.9 Å². The molecule has 3 rings (SSSR count). The summed E-state index contributed by atoms with van der Waals surface area (Å²) >= 11 is 0. The molecule has 3 fully saturated rings. The van der Waals surface area contributed by atoms with Crippen LogP contribution in [0.2, 0.25) is 0 Å². The van der Waals surface area contributed by atoms with Crippen LogP contribution in [0.5, 0.6) is 0 Å². The average Bonchev–Trinajstić information content (AvgIpc) is 3.07. The molecule has 0 radical (unpaired) electrons. The molecule has 0 aromatic heterocycles. The second kappa shape index (κ2) is 8.19. The van der Waals surface area contributed by atoms with Crippen molar-refractivity contribution >= 4 is 47.8 Å². The number of aliphatic imine (C=N–C) groups is 1. The molecule has 1 atom stereocenters. The van der Waals surface area contributed by atoms with Crippen LogP contribution in [0.3, 0.4) is 0 Å². The summed E-state index contributed by atoms with van der Waals surface area (Å²) in [6.07, 6.45) is 2.63. The zero-order chi connectivity index (χ0) is 17.2. The van der Waals surface area contributed by atoms with Gasteiger partial charge in [0.05, 0.1) is 6.54 Å². The van der Waals surface area contributed by atoms with Crippen LogP contribution < -0.4 is 16.0 Å². The quantitative estimate of drug-likeness (QED) is 0.223. The van der Waals surface area contributed by atoms with Crippen molar-refractivity contribution in [1.29, 1.82) is 0 Å². The first-order valence-corrected chi connectivity index (χ1v) is 8.33. The Morgan fingerprint density at radius 3 is 2.72 bits per heavy atom. The topological polar surface area (TPSA) is 106 Å². The van der Waals surface area contributed by atoms with E-state index in [-0.39, 0.29) is 53.8 Å². The third kappa shape index (κ3) is 4.33. The molecular formula is C15H25IN6O3. The van der Waals surface area contributed by atoms with Crippen LogP contribution in [-0.2, 0) is 9.59 Å². The van der Waals surface area contributed by atoms with E-state index in [0.717, 1.165) is 38.4 Å². The molecule has 3 aliphatic rings. The maximum absolute atomic E-state index is 11.6. The molecule has 9 nitrogen and oxygen atoms in total. The van der Waals surface area contributed by atoms with Gasteiger partial charge < -0.3 is 20.9 Å². The van der Waals surface area contributed by atoms with Crippen LogP contribution in [0.15, 0.2) is 4.99 Å². The fourth-order valence-electron chi connectivity index (χ4n) is 3.72. The second-order valence-corrected chi connectivity index (χ2v) is 6.66. The van der Waals surface area contributed by atoms with Gasteiger partial charge in [-0.05, 0) is 12.8 Å². The van der Waals surface area contributed by atoms with Crippen molar-refractivity contribution < 1.29 is 14.4 Å². The van der Waals surface area contributed by atoms with Gasteiger partial charge in [0, 0.05) is 51.6 Å². The number of hydrogen-bond acceptors (Lipinski definition) is 4. The molecule has 1 spiro atoms. The molecule has 0 bridgehead atoms. The third-order valence-electron chi connectivity index (χ3n) is 4.92. The minimum atomic E-state index is -0.343. The van der Waals surface area contributed by atoms with Crippen molar-refractivity contribution in [2.24, 2.45) is 10.4 Å². The van der Waals surface area contributed by atoms with Gasteiger partial charge in [-0.15, -0.1) is 24.0 Å². The molecule has 0 aromatic carbocycles. The minimum absolute atomic E-state index is 0. The van der Waals surface area contributed by atoms with Gasteiger partial charge in [-0.25, -0.2) is 4.79 Å². The number of rotatable bonds is 3. The van der Waals surface area contributed by atoms with E-state index in [1.54, 1.807) is 7.05 Å². The molecule has 25 heavy (non-hydrogen) atoms. The highest BCUT2D eigenvalue weighted by Crippen LogP contribution is 2.35. The van der Waals surface area contributed by atoms with Crippen LogP contribution in [0.4, 0.5) is 4.79 Å². The minimum Gasteiger partial charge on any atom is -0.355 e. The predicted molar refractivity (Wildman–Crippen MR) is 103 cm³/mol. The molecule has 4 amide bonds. The number of carbonyl (C=O) groups is 3. The Kier molecular flexibility index (Phi) is 6.47. The number of amides is 4. The lowest BCUT2D eigenvalue weighted by Crippen LogP contribution is -2.52. The third-order valence-corrected chi connectivity index (χ3v) is 4.92. The number of likely N-dealkylation sites (tertiary alicyclic amines) is 1. The van der Waals surface area contributed by atoms with Crippen molar-refractivity contribution in [3.8, 4) is 0 Å². The standard InChI is InChI=1S/C15H24N6O3.HI/c1-16-13(17-4-6-21-12(23)8-18-14(21)24)20-5-2-3-15(10-20)7-11(22)19-9-15;/h2-10H2,1H3,(H,16,17)(H,18,24)(H,19,22);1H. The van der Waals surface area contributed by atoms with Gasteiger partial charge >= 0.3 is 6.03 Å². The molecule has 0 saturated carbocycles. The van der Waals surface area contributed by atoms with Gasteiger partial charge in [-0.3, -0.25) is 19.5 Å². The first kappa shape index (κ1) is 19.7. The number of hydrogen-bond donors (Lipinski definition) is 3. The van der Waals surface area contributed by atoms with Gasteiger partial charge in [-0.2, -0.15) is 0 Å². The SMILES string of the molecule is CN=C(NCCN1C(=O)CNC1=O)N1CCCC2(CNC(=O)C2)C1.I. The highest BCUT2D eigenvalue weighted by molar-refractivity contribution is 14.0. The fourth-order valence-corrected chi connectivity index (χ4v) is 3.72. The number of urea groups is 1. The first-order valence-electron chi connectivity index (χ1n) is 8.33. The molecule has 10 heteroatoms. The van der Waals surface area contributed by atoms with Crippen molar-refractivity contribution in [3.63, 3.8) is 0 Å². The molecular weight excluding hydrogens is 439 g/mol. The summed E-state index contributed by atoms with van der Waals surface area (Å²) in [5.74, 6) is 0.670. The molecule has 0 aromatic rings. The lowest BCUT2D eigenvalue weighted by Gasteiger charge is -2.40. The summed E-state index contributed by atoms with van der Waals surface area (Å²) < 4.78 is 0. The van der Waals surface area contributed by atoms with E-state index >= 15 is 0 Å². The maximum Gasteiger partial charge on any atom is 0.324 e. The van der Waals surface area contributed by atoms with Crippen LogP contribution in [0.25, 0.3) is 0 Å². The van der Waals surface area contributed by atoms with E-state index in [4.69, 9.17) is 0 Å². The smallest absolute Gasteiger partial charge is 0.324 e. The van der Waals surface area contributed by atoms with Crippen LogP contribution in [0, 0.1) is 5.41 Å². The Hall–Kier alpha value is -1.59. The highest BCUT2D eigenvalue weighted by Gasteiger charge is 2.42. The summed E-state index contributed by atoms with van der Waals surface area (Å²) in [6.45, 7) is 3.23.